The lowest BCUT2D eigenvalue weighted by atomic mass is 10.1. The Kier molecular flexibility index (Phi) is 6.94. The van der Waals surface area contributed by atoms with E-state index < -0.39 is 11.5 Å². The number of carbonyl (C=O) groups is 1. The van der Waals surface area contributed by atoms with Gasteiger partial charge in [0, 0.05) is 48.8 Å². The van der Waals surface area contributed by atoms with Crippen LogP contribution in [0, 0.1) is 18.3 Å². The van der Waals surface area contributed by atoms with Crippen molar-refractivity contribution in [3.8, 4) is 6.07 Å². The second-order valence-corrected chi connectivity index (χ2v) is 9.93. The summed E-state index contributed by atoms with van der Waals surface area (Å²) in [5.74, 6) is -0.649. The second kappa shape index (κ2) is 10.5. The average molecular weight is 523 g/mol. The third-order valence-corrected chi connectivity index (χ3v) is 7.20. The molecule has 0 radical (unpaired) electrons. The van der Waals surface area contributed by atoms with Gasteiger partial charge in [0.25, 0.3) is 5.56 Å². The molecule has 2 unspecified atom stereocenters. The number of para-hydroxylation sites is 2. The molecule has 5 rings (SSSR count). The maximum atomic E-state index is 13.6. The Morgan fingerprint density at radius 1 is 1.15 bits per heavy atom. The fourth-order valence-electron chi connectivity index (χ4n) is 5.27. The topological polar surface area (TPSA) is 114 Å². The molecular weight excluding hydrogens is 492 g/mol. The number of piperazine rings is 1. The third-order valence-electron chi connectivity index (χ3n) is 7.20. The van der Waals surface area contributed by atoms with Gasteiger partial charge >= 0.3 is 5.97 Å². The van der Waals surface area contributed by atoms with Gasteiger partial charge in [-0.2, -0.15) is 5.26 Å². The minimum Gasteiger partial charge on any atom is -0.478 e. The lowest BCUT2D eigenvalue weighted by molar-refractivity contribution is 0.0698. The van der Waals surface area contributed by atoms with Gasteiger partial charge in [0.05, 0.1) is 11.6 Å². The summed E-state index contributed by atoms with van der Waals surface area (Å²) in [6.07, 6.45) is 1.69. The van der Waals surface area contributed by atoms with Crippen LogP contribution in [0.5, 0.6) is 0 Å². The number of hydrogen-bond donors (Lipinski definition) is 2. The summed E-state index contributed by atoms with van der Waals surface area (Å²) in [4.78, 5) is 34.6. The van der Waals surface area contributed by atoms with Gasteiger partial charge in [0.15, 0.2) is 11.4 Å². The van der Waals surface area contributed by atoms with Crippen molar-refractivity contribution in [3.63, 3.8) is 0 Å². The molecular formula is C30H30N6O3. The van der Waals surface area contributed by atoms with Crippen LogP contribution < -0.4 is 20.7 Å². The molecule has 0 bridgehead atoms. The maximum absolute atomic E-state index is 13.6. The molecule has 1 aliphatic heterocycles. The number of aromatic carboxylic acids is 1. The number of rotatable bonds is 6. The van der Waals surface area contributed by atoms with Crippen LogP contribution in [0.15, 0.2) is 71.7 Å². The SMILES string of the molecule is Cc1cc(C(C)Nc2ccccc2C(=O)O)c2nc(N3CCN(c4ccccc4)CC3C)c(C#N)c(=O)n2c1. The molecule has 1 fully saturated rings. The van der Waals surface area contributed by atoms with Gasteiger partial charge in [0.2, 0.25) is 0 Å². The summed E-state index contributed by atoms with van der Waals surface area (Å²) in [6, 6.07) is 20.6. The number of nitrogens with one attached hydrogen (secondary N) is 1. The molecule has 9 heteroatoms. The first-order valence-electron chi connectivity index (χ1n) is 12.9. The van der Waals surface area contributed by atoms with Crippen LogP contribution in [0.2, 0.25) is 0 Å². The van der Waals surface area contributed by atoms with Crippen molar-refractivity contribution in [1.29, 1.82) is 5.26 Å². The molecule has 2 atom stereocenters. The molecule has 2 N–H and O–H groups in total. The quantitative estimate of drug-likeness (QED) is 0.382. The van der Waals surface area contributed by atoms with E-state index in [2.05, 4.69) is 35.3 Å². The number of carboxylic acid groups (broad SMARTS) is 1. The number of carboxylic acids is 1. The van der Waals surface area contributed by atoms with Crippen molar-refractivity contribution in [2.75, 3.05) is 34.8 Å². The largest absolute Gasteiger partial charge is 0.478 e. The van der Waals surface area contributed by atoms with Gasteiger partial charge in [0.1, 0.15) is 11.7 Å². The fraction of sp³-hybridized carbons (Fsp3) is 0.267. The number of fused-ring (bicyclic) bond motifs is 1. The molecule has 1 saturated heterocycles. The van der Waals surface area contributed by atoms with Crippen molar-refractivity contribution in [1.82, 2.24) is 9.38 Å². The zero-order valence-electron chi connectivity index (χ0n) is 22.1. The van der Waals surface area contributed by atoms with Crippen LogP contribution in [-0.2, 0) is 0 Å². The van der Waals surface area contributed by atoms with Crippen molar-refractivity contribution in [2.45, 2.75) is 32.9 Å². The first-order chi connectivity index (χ1) is 18.8. The average Bonchev–Trinajstić information content (AvgIpc) is 2.93. The Labute approximate surface area is 226 Å². The van der Waals surface area contributed by atoms with Crippen molar-refractivity contribution >= 4 is 28.8 Å². The van der Waals surface area contributed by atoms with E-state index in [0.29, 0.717) is 23.7 Å². The number of pyridine rings is 1. The highest BCUT2D eigenvalue weighted by atomic mass is 16.4. The number of anilines is 3. The van der Waals surface area contributed by atoms with Crippen molar-refractivity contribution < 1.29 is 9.90 Å². The molecule has 0 spiro atoms. The fourth-order valence-corrected chi connectivity index (χ4v) is 5.27. The highest BCUT2D eigenvalue weighted by molar-refractivity contribution is 5.94. The molecule has 39 heavy (non-hydrogen) atoms. The summed E-state index contributed by atoms with van der Waals surface area (Å²) < 4.78 is 1.43. The number of aryl methyl sites for hydroxylation is 1. The normalized spacial score (nSPS) is 16.1. The zero-order valence-corrected chi connectivity index (χ0v) is 22.1. The van der Waals surface area contributed by atoms with E-state index in [-0.39, 0.29) is 23.2 Å². The van der Waals surface area contributed by atoms with E-state index in [4.69, 9.17) is 4.98 Å². The zero-order chi connectivity index (χ0) is 27.7. The van der Waals surface area contributed by atoms with Crippen LogP contribution in [0.25, 0.3) is 5.65 Å². The third kappa shape index (κ3) is 4.89. The van der Waals surface area contributed by atoms with Gasteiger partial charge in [-0.25, -0.2) is 9.78 Å². The molecule has 4 aromatic rings. The van der Waals surface area contributed by atoms with Gasteiger partial charge in [-0.15, -0.1) is 0 Å². The van der Waals surface area contributed by atoms with Gasteiger partial charge in [-0.05, 0) is 56.7 Å². The molecule has 0 aliphatic carbocycles. The molecule has 198 valence electrons. The van der Waals surface area contributed by atoms with E-state index in [1.165, 1.54) is 4.40 Å². The van der Waals surface area contributed by atoms with Crippen molar-refractivity contribution in [2.24, 2.45) is 0 Å². The Hall–Kier alpha value is -4.84. The van der Waals surface area contributed by atoms with Crippen LogP contribution in [-0.4, -0.2) is 46.1 Å². The predicted molar refractivity (Wildman–Crippen MR) is 152 cm³/mol. The highest BCUT2D eigenvalue weighted by Gasteiger charge is 2.29. The van der Waals surface area contributed by atoms with Crippen LogP contribution in [0.3, 0.4) is 0 Å². The van der Waals surface area contributed by atoms with E-state index in [1.54, 1.807) is 30.5 Å². The first-order valence-corrected chi connectivity index (χ1v) is 12.9. The first kappa shape index (κ1) is 25.8. The Balaban J connectivity index is 1.56. The molecule has 3 heterocycles. The predicted octanol–water partition coefficient (Wildman–Crippen LogP) is 4.46. The highest BCUT2D eigenvalue weighted by Crippen LogP contribution is 2.29. The minimum absolute atomic E-state index is 0.00676. The number of aromatic nitrogens is 2. The standard InChI is InChI=1S/C30H30N6O3/c1-19-15-24(21(3)32-26-12-8-7-11-23(26)30(38)39)27-33-28(25(16-31)29(37)36(27)17-19)35-14-13-34(18-20(35)2)22-9-5-4-6-10-22/h4-12,15,17,20-21,32H,13-14,18H2,1-3H3,(H,38,39). The number of nitriles is 1. The van der Waals surface area contributed by atoms with Gasteiger partial charge < -0.3 is 20.2 Å². The summed E-state index contributed by atoms with van der Waals surface area (Å²) in [5.41, 5.74) is 3.35. The number of hydrogen-bond acceptors (Lipinski definition) is 7. The molecule has 0 amide bonds. The molecule has 0 saturated carbocycles. The van der Waals surface area contributed by atoms with E-state index >= 15 is 0 Å². The lowest BCUT2D eigenvalue weighted by Gasteiger charge is -2.41. The maximum Gasteiger partial charge on any atom is 0.337 e. The Morgan fingerprint density at radius 2 is 1.87 bits per heavy atom. The molecule has 9 nitrogen and oxygen atoms in total. The summed E-state index contributed by atoms with van der Waals surface area (Å²) in [7, 11) is 0. The summed E-state index contributed by atoms with van der Waals surface area (Å²) in [5, 5.41) is 22.9. The summed E-state index contributed by atoms with van der Waals surface area (Å²) >= 11 is 0. The lowest BCUT2D eigenvalue weighted by Crippen LogP contribution is -2.53. The van der Waals surface area contributed by atoms with Crippen molar-refractivity contribution in [3.05, 3.63) is 99.5 Å². The van der Waals surface area contributed by atoms with E-state index in [0.717, 1.165) is 29.9 Å². The van der Waals surface area contributed by atoms with E-state index in [9.17, 15) is 20.0 Å². The molecule has 2 aromatic heterocycles. The molecule has 1 aliphatic rings. The van der Waals surface area contributed by atoms with Gasteiger partial charge in [-0.1, -0.05) is 30.3 Å². The Morgan fingerprint density at radius 3 is 2.56 bits per heavy atom. The number of nitrogens with zero attached hydrogens (tertiary/aromatic N) is 5. The van der Waals surface area contributed by atoms with E-state index in [1.807, 2.05) is 43.0 Å². The second-order valence-electron chi connectivity index (χ2n) is 9.93. The summed E-state index contributed by atoms with van der Waals surface area (Å²) in [6.45, 7) is 7.90. The van der Waals surface area contributed by atoms with Gasteiger partial charge in [-0.3, -0.25) is 9.20 Å². The monoisotopic (exact) mass is 522 g/mol. The minimum atomic E-state index is -1.03. The van der Waals surface area contributed by atoms with Crippen LogP contribution in [0.4, 0.5) is 17.2 Å². The number of benzene rings is 2. The van der Waals surface area contributed by atoms with Crippen LogP contribution in [0.1, 0.15) is 46.9 Å². The van der Waals surface area contributed by atoms with Crippen LogP contribution >= 0.6 is 0 Å². The smallest absolute Gasteiger partial charge is 0.337 e. The molecule has 2 aromatic carbocycles. The Bertz CT molecular complexity index is 1640.